The molecule has 1 aromatic heterocycles. The average Bonchev–Trinajstić information content (AvgIpc) is 3.01. The van der Waals surface area contributed by atoms with E-state index in [2.05, 4.69) is 15.3 Å². The van der Waals surface area contributed by atoms with Crippen LogP contribution in [0.25, 0.3) is 11.4 Å². The van der Waals surface area contributed by atoms with Gasteiger partial charge in [0.15, 0.2) is 11.6 Å². The Morgan fingerprint density at radius 3 is 2.70 bits per heavy atom. The Morgan fingerprint density at radius 1 is 1.20 bits per heavy atom. The number of hydrogen-bond acceptors (Lipinski definition) is 5. The summed E-state index contributed by atoms with van der Waals surface area (Å²) in [7, 11) is 1.64. The second-order valence-electron chi connectivity index (χ2n) is 4.65. The number of nitrogens with zero attached hydrogens (tertiary/aromatic N) is 2. The number of benzene rings is 1. The van der Waals surface area contributed by atoms with Crippen molar-refractivity contribution in [3.05, 3.63) is 36.7 Å². The van der Waals surface area contributed by atoms with E-state index < -0.39 is 0 Å². The summed E-state index contributed by atoms with van der Waals surface area (Å²) in [6.07, 6.45) is 5.65. The molecule has 5 heteroatoms. The lowest BCUT2D eigenvalue weighted by Gasteiger charge is -2.13. The molecule has 0 aliphatic carbocycles. The van der Waals surface area contributed by atoms with Gasteiger partial charge in [-0.15, -0.1) is 0 Å². The number of ether oxygens (including phenoxy) is 2. The minimum Gasteiger partial charge on any atom is -0.496 e. The summed E-state index contributed by atoms with van der Waals surface area (Å²) in [6, 6.07) is 7.69. The van der Waals surface area contributed by atoms with Crippen LogP contribution in [0.5, 0.6) is 11.5 Å². The van der Waals surface area contributed by atoms with Crippen LogP contribution in [0.3, 0.4) is 0 Å². The Labute approximate surface area is 118 Å². The molecule has 0 bridgehead atoms. The van der Waals surface area contributed by atoms with Crippen LogP contribution in [0.4, 0.5) is 0 Å². The van der Waals surface area contributed by atoms with Crippen LogP contribution in [0.1, 0.15) is 12.8 Å². The SMILES string of the molecule is COc1ccccc1-c1ncc(OC2CCCN2)cn1. The van der Waals surface area contributed by atoms with E-state index in [1.807, 2.05) is 24.3 Å². The molecule has 1 aromatic carbocycles. The van der Waals surface area contributed by atoms with Crippen LogP contribution in [-0.2, 0) is 0 Å². The van der Waals surface area contributed by atoms with Crippen molar-refractivity contribution in [1.82, 2.24) is 15.3 Å². The topological polar surface area (TPSA) is 56.3 Å². The van der Waals surface area contributed by atoms with Gasteiger partial charge < -0.3 is 9.47 Å². The molecule has 0 spiro atoms. The first kappa shape index (κ1) is 12.9. The van der Waals surface area contributed by atoms with Crippen molar-refractivity contribution in [1.29, 1.82) is 0 Å². The molecule has 2 heterocycles. The first-order valence-corrected chi connectivity index (χ1v) is 6.72. The highest BCUT2D eigenvalue weighted by molar-refractivity contribution is 5.63. The van der Waals surface area contributed by atoms with E-state index in [1.165, 1.54) is 0 Å². The Hall–Kier alpha value is -2.14. The molecule has 0 saturated carbocycles. The Balaban J connectivity index is 1.78. The molecule has 2 aromatic rings. The summed E-state index contributed by atoms with van der Waals surface area (Å²) in [5, 5.41) is 3.27. The number of para-hydroxylation sites is 1. The second-order valence-corrected chi connectivity index (χ2v) is 4.65. The highest BCUT2D eigenvalue weighted by Crippen LogP contribution is 2.27. The lowest BCUT2D eigenvalue weighted by Crippen LogP contribution is -2.27. The Morgan fingerprint density at radius 2 is 2.00 bits per heavy atom. The van der Waals surface area contributed by atoms with Gasteiger partial charge in [-0.2, -0.15) is 0 Å². The van der Waals surface area contributed by atoms with E-state index in [1.54, 1.807) is 19.5 Å². The molecule has 1 fully saturated rings. The zero-order valence-corrected chi connectivity index (χ0v) is 11.4. The molecule has 1 aliphatic rings. The van der Waals surface area contributed by atoms with E-state index in [0.717, 1.165) is 30.7 Å². The molecule has 1 N–H and O–H groups in total. The zero-order chi connectivity index (χ0) is 13.8. The lowest BCUT2D eigenvalue weighted by atomic mass is 10.2. The Bertz CT molecular complexity index is 566. The highest BCUT2D eigenvalue weighted by Gasteiger charge is 2.16. The molecule has 5 nitrogen and oxygen atoms in total. The van der Waals surface area contributed by atoms with Crippen LogP contribution in [-0.4, -0.2) is 29.9 Å². The monoisotopic (exact) mass is 271 g/mol. The third-order valence-electron chi connectivity index (χ3n) is 3.27. The summed E-state index contributed by atoms with van der Waals surface area (Å²) in [6.45, 7) is 1.00. The maximum atomic E-state index is 5.76. The van der Waals surface area contributed by atoms with Gasteiger partial charge in [-0.1, -0.05) is 12.1 Å². The van der Waals surface area contributed by atoms with Gasteiger partial charge in [0, 0.05) is 0 Å². The molecular formula is C15H17N3O2. The number of methoxy groups -OCH3 is 1. The third kappa shape index (κ3) is 2.72. The number of rotatable bonds is 4. The summed E-state index contributed by atoms with van der Waals surface area (Å²) >= 11 is 0. The van der Waals surface area contributed by atoms with Gasteiger partial charge in [-0.05, 0) is 31.5 Å². The maximum absolute atomic E-state index is 5.76. The summed E-state index contributed by atoms with van der Waals surface area (Å²) < 4.78 is 11.1. The van der Waals surface area contributed by atoms with E-state index in [0.29, 0.717) is 11.6 Å². The zero-order valence-electron chi connectivity index (χ0n) is 11.4. The number of nitrogens with one attached hydrogen (secondary N) is 1. The average molecular weight is 271 g/mol. The highest BCUT2D eigenvalue weighted by atomic mass is 16.5. The van der Waals surface area contributed by atoms with Crippen LogP contribution < -0.4 is 14.8 Å². The van der Waals surface area contributed by atoms with Crippen molar-refractivity contribution in [3.63, 3.8) is 0 Å². The molecule has 104 valence electrons. The minimum absolute atomic E-state index is 0.0794. The molecule has 20 heavy (non-hydrogen) atoms. The lowest BCUT2D eigenvalue weighted by molar-refractivity contribution is 0.186. The van der Waals surface area contributed by atoms with Gasteiger partial charge in [-0.25, -0.2) is 9.97 Å². The molecule has 3 rings (SSSR count). The predicted molar refractivity (Wildman–Crippen MR) is 75.7 cm³/mol. The van der Waals surface area contributed by atoms with Crippen LogP contribution in [0, 0.1) is 0 Å². The second kappa shape index (κ2) is 5.88. The minimum atomic E-state index is 0.0794. The van der Waals surface area contributed by atoms with Crippen molar-refractivity contribution in [2.24, 2.45) is 0 Å². The summed E-state index contributed by atoms with van der Waals surface area (Å²) in [5.74, 6) is 2.08. The molecule has 1 unspecified atom stereocenters. The van der Waals surface area contributed by atoms with Crippen molar-refractivity contribution < 1.29 is 9.47 Å². The fraction of sp³-hybridized carbons (Fsp3) is 0.333. The normalized spacial score (nSPS) is 17.9. The fourth-order valence-corrected chi connectivity index (χ4v) is 2.26. The van der Waals surface area contributed by atoms with Gasteiger partial charge in [-0.3, -0.25) is 5.32 Å². The van der Waals surface area contributed by atoms with Gasteiger partial charge in [0.1, 0.15) is 12.0 Å². The first-order valence-electron chi connectivity index (χ1n) is 6.72. The van der Waals surface area contributed by atoms with Crippen molar-refractivity contribution in [2.75, 3.05) is 13.7 Å². The van der Waals surface area contributed by atoms with Crippen LogP contribution in [0.15, 0.2) is 36.7 Å². The van der Waals surface area contributed by atoms with E-state index in [4.69, 9.17) is 9.47 Å². The van der Waals surface area contributed by atoms with Crippen LogP contribution >= 0.6 is 0 Å². The van der Waals surface area contributed by atoms with E-state index in [-0.39, 0.29) is 6.23 Å². The predicted octanol–water partition coefficient (Wildman–Crippen LogP) is 2.24. The fourth-order valence-electron chi connectivity index (χ4n) is 2.26. The maximum Gasteiger partial charge on any atom is 0.163 e. The molecule has 1 atom stereocenters. The summed E-state index contributed by atoms with van der Waals surface area (Å²) in [5.41, 5.74) is 0.876. The number of hydrogen-bond donors (Lipinski definition) is 1. The smallest absolute Gasteiger partial charge is 0.163 e. The quantitative estimate of drug-likeness (QED) is 0.924. The molecule has 1 aliphatic heterocycles. The standard InChI is InChI=1S/C15H17N3O2/c1-19-13-6-3-2-5-12(13)15-17-9-11(10-18-15)20-14-7-4-8-16-14/h2-3,5-6,9-10,14,16H,4,7-8H2,1H3. The largest absolute Gasteiger partial charge is 0.496 e. The van der Waals surface area contributed by atoms with Gasteiger partial charge in [0.05, 0.1) is 25.1 Å². The molecule has 1 saturated heterocycles. The number of aromatic nitrogens is 2. The van der Waals surface area contributed by atoms with Gasteiger partial charge in [0.2, 0.25) is 0 Å². The molecule has 0 amide bonds. The van der Waals surface area contributed by atoms with Gasteiger partial charge in [0.25, 0.3) is 0 Å². The van der Waals surface area contributed by atoms with Crippen molar-refractivity contribution in [2.45, 2.75) is 19.1 Å². The third-order valence-corrected chi connectivity index (χ3v) is 3.27. The molecule has 0 radical (unpaired) electrons. The Kier molecular flexibility index (Phi) is 3.78. The van der Waals surface area contributed by atoms with E-state index >= 15 is 0 Å². The van der Waals surface area contributed by atoms with Crippen molar-refractivity contribution >= 4 is 0 Å². The van der Waals surface area contributed by atoms with E-state index in [9.17, 15) is 0 Å². The van der Waals surface area contributed by atoms with Gasteiger partial charge >= 0.3 is 0 Å². The van der Waals surface area contributed by atoms with Crippen LogP contribution in [0.2, 0.25) is 0 Å². The van der Waals surface area contributed by atoms with Crippen molar-refractivity contribution in [3.8, 4) is 22.9 Å². The summed E-state index contributed by atoms with van der Waals surface area (Å²) in [4.78, 5) is 8.71. The first-order chi connectivity index (χ1) is 9.86. The molecular weight excluding hydrogens is 254 g/mol.